The lowest BCUT2D eigenvalue weighted by Crippen LogP contribution is -2.46. The zero-order valence-electron chi connectivity index (χ0n) is 15.4. The highest BCUT2D eigenvalue weighted by molar-refractivity contribution is 5.14. The van der Waals surface area contributed by atoms with E-state index in [0.717, 1.165) is 19.6 Å². The van der Waals surface area contributed by atoms with Gasteiger partial charge in [0.15, 0.2) is 0 Å². The van der Waals surface area contributed by atoms with Gasteiger partial charge >= 0.3 is 0 Å². The second-order valence-corrected chi connectivity index (χ2v) is 7.01. The van der Waals surface area contributed by atoms with E-state index in [4.69, 9.17) is 0 Å². The molecule has 1 fully saturated rings. The maximum atomic E-state index is 4.05. The van der Waals surface area contributed by atoms with Crippen LogP contribution in [0, 0.1) is 6.92 Å². The van der Waals surface area contributed by atoms with Crippen LogP contribution in [0.4, 0.5) is 0 Å². The van der Waals surface area contributed by atoms with Crippen LogP contribution in [0.15, 0.2) is 36.5 Å². The van der Waals surface area contributed by atoms with E-state index in [1.807, 2.05) is 6.20 Å². The highest BCUT2D eigenvalue weighted by Gasteiger charge is 2.16. The molecule has 0 radical (unpaired) electrons. The fraction of sp³-hybridized carbons (Fsp3) is 0.550. The van der Waals surface area contributed by atoms with Crippen LogP contribution in [0.3, 0.4) is 0 Å². The fourth-order valence-electron chi connectivity index (χ4n) is 3.37. The molecule has 2 heterocycles. The summed E-state index contributed by atoms with van der Waals surface area (Å²) in [6.45, 7) is 11.2. The number of H-pyrrole nitrogens is 1. The number of aromatic nitrogens is 2. The third kappa shape index (κ3) is 5.96. The van der Waals surface area contributed by atoms with Crippen molar-refractivity contribution in [2.45, 2.75) is 32.9 Å². The van der Waals surface area contributed by atoms with Crippen LogP contribution < -0.4 is 5.32 Å². The van der Waals surface area contributed by atoms with Gasteiger partial charge < -0.3 is 10.2 Å². The molecule has 0 unspecified atom stereocenters. The molecule has 1 saturated heterocycles. The van der Waals surface area contributed by atoms with Crippen molar-refractivity contribution in [2.24, 2.45) is 0 Å². The van der Waals surface area contributed by atoms with Crippen molar-refractivity contribution in [3.05, 3.63) is 53.3 Å². The minimum Gasteiger partial charge on any atom is -0.313 e. The van der Waals surface area contributed by atoms with Gasteiger partial charge in [0.05, 0.1) is 6.20 Å². The van der Waals surface area contributed by atoms with Gasteiger partial charge in [-0.15, -0.1) is 0 Å². The van der Waals surface area contributed by atoms with Gasteiger partial charge in [0, 0.05) is 50.5 Å². The Hall–Kier alpha value is -1.69. The summed E-state index contributed by atoms with van der Waals surface area (Å²) in [5.74, 6) is 0. The Balaban J connectivity index is 1.23. The van der Waals surface area contributed by atoms with Crippen LogP contribution in [0.25, 0.3) is 0 Å². The second-order valence-electron chi connectivity index (χ2n) is 7.01. The quantitative estimate of drug-likeness (QED) is 0.688. The average Bonchev–Trinajstić information content (AvgIpc) is 3.05. The highest BCUT2D eigenvalue weighted by Crippen LogP contribution is 2.09. The molecule has 0 aliphatic carbocycles. The lowest BCUT2D eigenvalue weighted by Gasteiger charge is -2.34. The molecule has 0 bridgehead atoms. The summed E-state index contributed by atoms with van der Waals surface area (Å²) in [7, 11) is 0. The monoisotopic (exact) mass is 341 g/mol. The maximum absolute atomic E-state index is 4.05. The molecular formula is C20H31N5. The van der Waals surface area contributed by atoms with Crippen molar-refractivity contribution in [2.75, 3.05) is 39.3 Å². The van der Waals surface area contributed by atoms with Gasteiger partial charge in [0.2, 0.25) is 0 Å². The van der Waals surface area contributed by atoms with Crippen molar-refractivity contribution >= 4 is 0 Å². The Kier molecular flexibility index (Phi) is 7.03. The van der Waals surface area contributed by atoms with E-state index in [1.165, 1.54) is 62.4 Å². The first kappa shape index (κ1) is 18.1. The Bertz CT molecular complexity index is 602. The van der Waals surface area contributed by atoms with E-state index < -0.39 is 0 Å². The summed E-state index contributed by atoms with van der Waals surface area (Å²) in [5.41, 5.74) is 3.87. The standard InChI is InChI=1S/C20H31N5/c1-18-20(16-22-23-18)15-21-9-5-6-10-24-11-13-25(14-12-24)17-19-7-3-2-4-8-19/h2-4,7-8,16,21H,5-6,9-15,17H2,1H3,(H,22,23). The molecular weight excluding hydrogens is 310 g/mol. The number of nitrogens with one attached hydrogen (secondary N) is 2. The first-order valence-electron chi connectivity index (χ1n) is 9.49. The average molecular weight is 342 g/mol. The third-order valence-corrected chi connectivity index (χ3v) is 5.04. The van der Waals surface area contributed by atoms with Crippen LogP contribution in [-0.2, 0) is 13.1 Å². The number of hydrogen-bond donors (Lipinski definition) is 2. The topological polar surface area (TPSA) is 47.2 Å². The molecule has 1 aliphatic rings. The molecule has 1 aliphatic heterocycles. The molecule has 0 atom stereocenters. The Morgan fingerprint density at radius 1 is 1.04 bits per heavy atom. The van der Waals surface area contributed by atoms with Gasteiger partial charge in [-0.1, -0.05) is 30.3 Å². The van der Waals surface area contributed by atoms with Gasteiger partial charge in [-0.05, 0) is 38.4 Å². The molecule has 2 aromatic rings. The maximum Gasteiger partial charge on any atom is 0.0535 e. The molecule has 0 amide bonds. The van der Waals surface area contributed by atoms with Crippen molar-refractivity contribution in [3.8, 4) is 0 Å². The van der Waals surface area contributed by atoms with Crippen molar-refractivity contribution in [1.29, 1.82) is 0 Å². The SMILES string of the molecule is Cc1[nH]ncc1CNCCCCN1CCN(Cc2ccccc2)CC1. The predicted molar refractivity (Wildman–Crippen MR) is 102 cm³/mol. The van der Waals surface area contributed by atoms with E-state index in [-0.39, 0.29) is 0 Å². The highest BCUT2D eigenvalue weighted by atomic mass is 15.3. The molecule has 1 aromatic heterocycles. The molecule has 0 spiro atoms. The summed E-state index contributed by atoms with van der Waals surface area (Å²) in [5, 5.41) is 10.6. The zero-order chi connectivity index (χ0) is 17.3. The normalized spacial score (nSPS) is 16.4. The number of unbranched alkanes of at least 4 members (excludes halogenated alkanes) is 1. The molecule has 3 rings (SSSR count). The van der Waals surface area contributed by atoms with Crippen molar-refractivity contribution < 1.29 is 0 Å². The third-order valence-electron chi connectivity index (χ3n) is 5.04. The van der Waals surface area contributed by atoms with Gasteiger partial charge in [-0.2, -0.15) is 5.10 Å². The Morgan fingerprint density at radius 2 is 1.80 bits per heavy atom. The summed E-state index contributed by atoms with van der Waals surface area (Å²) >= 11 is 0. The Morgan fingerprint density at radius 3 is 2.52 bits per heavy atom. The van der Waals surface area contributed by atoms with E-state index >= 15 is 0 Å². The number of piperazine rings is 1. The van der Waals surface area contributed by atoms with Gasteiger partial charge in [-0.25, -0.2) is 0 Å². The van der Waals surface area contributed by atoms with Gasteiger partial charge in [-0.3, -0.25) is 10.00 Å². The van der Waals surface area contributed by atoms with Gasteiger partial charge in [0.1, 0.15) is 0 Å². The first-order chi connectivity index (χ1) is 12.3. The smallest absolute Gasteiger partial charge is 0.0535 e. The van der Waals surface area contributed by atoms with Crippen LogP contribution in [0.2, 0.25) is 0 Å². The summed E-state index contributed by atoms with van der Waals surface area (Å²) < 4.78 is 0. The number of aromatic amines is 1. The van der Waals surface area contributed by atoms with Crippen molar-refractivity contribution in [1.82, 2.24) is 25.3 Å². The zero-order valence-corrected chi connectivity index (χ0v) is 15.4. The van der Waals surface area contributed by atoms with E-state index in [2.05, 4.69) is 62.6 Å². The number of nitrogens with zero attached hydrogens (tertiary/aromatic N) is 3. The first-order valence-corrected chi connectivity index (χ1v) is 9.49. The molecule has 5 nitrogen and oxygen atoms in total. The van der Waals surface area contributed by atoms with E-state index in [1.54, 1.807) is 0 Å². The minimum atomic E-state index is 0.917. The molecule has 0 saturated carbocycles. The van der Waals surface area contributed by atoms with Crippen LogP contribution in [0.1, 0.15) is 29.7 Å². The van der Waals surface area contributed by atoms with Crippen molar-refractivity contribution in [3.63, 3.8) is 0 Å². The second kappa shape index (κ2) is 9.70. The summed E-state index contributed by atoms with van der Waals surface area (Å²) in [6.07, 6.45) is 4.43. The molecule has 5 heteroatoms. The van der Waals surface area contributed by atoms with Crippen LogP contribution in [-0.4, -0.2) is 59.3 Å². The molecule has 1 aromatic carbocycles. The summed E-state index contributed by atoms with van der Waals surface area (Å²) in [6, 6.07) is 10.8. The fourth-order valence-corrected chi connectivity index (χ4v) is 3.37. The van der Waals surface area contributed by atoms with Crippen LogP contribution >= 0.6 is 0 Å². The number of aryl methyl sites for hydroxylation is 1. The lowest BCUT2D eigenvalue weighted by molar-refractivity contribution is 0.125. The van der Waals surface area contributed by atoms with Crippen LogP contribution in [0.5, 0.6) is 0 Å². The largest absolute Gasteiger partial charge is 0.313 e. The van der Waals surface area contributed by atoms with E-state index in [9.17, 15) is 0 Å². The minimum absolute atomic E-state index is 0.917. The lowest BCUT2D eigenvalue weighted by atomic mass is 10.2. The Labute approximate surface area is 151 Å². The molecule has 25 heavy (non-hydrogen) atoms. The van der Waals surface area contributed by atoms with E-state index in [0.29, 0.717) is 0 Å². The molecule has 136 valence electrons. The molecule has 2 N–H and O–H groups in total. The number of hydrogen-bond acceptors (Lipinski definition) is 4. The predicted octanol–water partition coefficient (Wildman–Crippen LogP) is 2.41. The number of benzene rings is 1. The van der Waals surface area contributed by atoms with Gasteiger partial charge in [0.25, 0.3) is 0 Å². The summed E-state index contributed by atoms with van der Waals surface area (Å²) in [4.78, 5) is 5.18. The number of rotatable bonds is 9.